The molecule has 1 N–H and O–H groups in total. The summed E-state index contributed by atoms with van der Waals surface area (Å²) in [5, 5.41) is 17.1. The first kappa shape index (κ1) is 18.1. The van der Waals surface area contributed by atoms with Gasteiger partial charge in [-0.3, -0.25) is 0 Å². The molecule has 0 spiro atoms. The van der Waals surface area contributed by atoms with Crippen molar-refractivity contribution in [2.45, 2.75) is 12.1 Å². The van der Waals surface area contributed by atoms with Crippen LogP contribution in [0.25, 0.3) is 10.8 Å². The van der Waals surface area contributed by atoms with Crippen molar-refractivity contribution >= 4 is 10.8 Å². The molecule has 1 unspecified atom stereocenters. The molecular weight excluding hydrogens is 364 g/mol. The van der Waals surface area contributed by atoms with E-state index < -0.39 is 17.2 Å². The number of rotatable bonds is 6. The summed E-state index contributed by atoms with van der Waals surface area (Å²) < 4.78 is 35.1. The molecule has 4 rings (SSSR count). The number of hydrogen-bond acceptors (Lipinski definition) is 4. The Morgan fingerprint density at radius 2 is 1.86 bits per heavy atom. The highest BCUT2D eigenvalue weighted by Gasteiger charge is 2.35. The number of ether oxygens (including phenoxy) is 1. The summed E-state index contributed by atoms with van der Waals surface area (Å²) in [4.78, 5) is 3.84. The van der Waals surface area contributed by atoms with Crippen molar-refractivity contribution in [2.24, 2.45) is 0 Å². The molecule has 0 bridgehead atoms. The van der Waals surface area contributed by atoms with E-state index in [0.717, 1.165) is 22.9 Å². The van der Waals surface area contributed by atoms with Gasteiger partial charge in [0, 0.05) is 17.0 Å². The van der Waals surface area contributed by atoms with Gasteiger partial charge in [0.15, 0.2) is 0 Å². The second kappa shape index (κ2) is 7.36. The quantitative estimate of drug-likeness (QED) is 0.554. The summed E-state index contributed by atoms with van der Waals surface area (Å²) >= 11 is 0. The summed E-state index contributed by atoms with van der Waals surface area (Å²) in [7, 11) is 0. The van der Waals surface area contributed by atoms with E-state index in [9.17, 15) is 13.9 Å². The Kier molecular flexibility index (Phi) is 4.75. The lowest BCUT2D eigenvalue weighted by atomic mass is 9.94. The lowest BCUT2D eigenvalue weighted by molar-refractivity contribution is -0.0293. The van der Waals surface area contributed by atoms with E-state index in [1.165, 1.54) is 23.4 Å². The van der Waals surface area contributed by atoms with Crippen molar-refractivity contribution in [2.75, 3.05) is 6.61 Å². The Hall–Kier alpha value is -3.32. The van der Waals surface area contributed by atoms with Crippen LogP contribution in [0, 0.1) is 11.6 Å². The van der Waals surface area contributed by atoms with Crippen LogP contribution >= 0.6 is 0 Å². The van der Waals surface area contributed by atoms with E-state index in [0.29, 0.717) is 5.75 Å². The zero-order chi connectivity index (χ0) is 19.6. The van der Waals surface area contributed by atoms with Gasteiger partial charge < -0.3 is 9.84 Å². The molecule has 1 heterocycles. The van der Waals surface area contributed by atoms with Gasteiger partial charge in [-0.2, -0.15) is 5.10 Å². The fourth-order valence-corrected chi connectivity index (χ4v) is 3.18. The first-order chi connectivity index (χ1) is 13.5. The Labute approximate surface area is 159 Å². The highest BCUT2D eigenvalue weighted by atomic mass is 19.1. The Balaban J connectivity index is 1.69. The minimum Gasteiger partial charge on any atom is -0.489 e. The Morgan fingerprint density at radius 3 is 2.64 bits per heavy atom. The van der Waals surface area contributed by atoms with Crippen LogP contribution in [0.4, 0.5) is 8.78 Å². The molecule has 0 aliphatic carbocycles. The van der Waals surface area contributed by atoms with Gasteiger partial charge in [-0.25, -0.2) is 18.4 Å². The summed E-state index contributed by atoms with van der Waals surface area (Å²) in [6.07, 6.45) is 2.72. The highest BCUT2D eigenvalue weighted by Crippen LogP contribution is 2.30. The SMILES string of the molecule is OC(COc1cccc2ccccc12)(Cn1cncn1)c1ccc(F)cc1F. The molecule has 0 aliphatic heterocycles. The van der Waals surface area contributed by atoms with Gasteiger partial charge in [-0.05, 0) is 17.5 Å². The largest absolute Gasteiger partial charge is 0.489 e. The molecule has 0 amide bonds. The number of benzene rings is 3. The van der Waals surface area contributed by atoms with Crippen LogP contribution in [0.2, 0.25) is 0 Å². The monoisotopic (exact) mass is 381 g/mol. The summed E-state index contributed by atoms with van der Waals surface area (Å²) in [5.41, 5.74) is -1.87. The molecule has 28 heavy (non-hydrogen) atoms. The summed E-state index contributed by atoms with van der Waals surface area (Å²) in [5.74, 6) is -1.03. The second-order valence-electron chi connectivity index (χ2n) is 6.51. The zero-order valence-electron chi connectivity index (χ0n) is 14.8. The maximum atomic E-state index is 14.5. The number of aliphatic hydroxyl groups is 1. The van der Waals surface area contributed by atoms with Crippen LogP contribution in [-0.4, -0.2) is 26.5 Å². The highest BCUT2D eigenvalue weighted by molar-refractivity contribution is 5.88. The average molecular weight is 381 g/mol. The second-order valence-corrected chi connectivity index (χ2v) is 6.51. The number of halogens is 2. The third-order valence-corrected chi connectivity index (χ3v) is 4.54. The van der Waals surface area contributed by atoms with Crippen molar-refractivity contribution in [3.8, 4) is 5.75 Å². The fraction of sp³-hybridized carbons (Fsp3) is 0.143. The van der Waals surface area contributed by atoms with E-state index >= 15 is 0 Å². The zero-order valence-corrected chi connectivity index (χ0v) is 14.8. The van der Waals surface area contributed by atoms with Gasteiger partial charge in [0.1, 0.15) is 42.2 Å². The minimum atomic E-state index is -1.79. The molecule has 142 valence electrons. The van der Waals surface area contributed by atoms with Gasteiger partial charge in [-0.15, -0.1) is 0 Å². The Morgan fingerprint density at radius 1 is 1.04 bits per heavy atom. The third kappa shape index (κ3) is 3.57. The van der Waals surface area contributed by atoms with Crippen LogP contribution in [0.5, 0.6) is 5.75 Å². The molecule has 0 fully saturated rings. The standard InChI is InChI=1S/C21H17F2N3O2/c22-16-8-9-18(19(23)10-16)21(27,11-26-14-24-13-25-26)12-28-20-7-3-5-15-4-1-2-6-17(15)20/h1-10,13-14,27H,11-12H2. The molecule has 0 radical (unpaired) electrons. The van der Waals surface area contributed by atoms with Gasteiger partial charge in [0.05, 0.1) is 6.54 Å². The van der Waals surface area contributed by atoms with Crippen LogP contribution in [0.3, 0.4) is 0 Å². The van der Waals surface area contributed by atoms with Gasteiger partial charge >= 0.3 is 0 Å². The van der Waals surface area contributed by atoms with Gasteiger partial charge in [-0.1, -0.05) is 42.5 Å². The minimum absolute atomic E-state index is 0.0790. The van der Waals surface area contributed by atoms with E-state index in [1.54, 1.807) is 6.07 Å². The van der Waals surface area contributed by atoms with Crippen LogP contribution in [-0.2, 0) is 12.1 Å². The molecule has 5 nitrogen and oxygen atoms in total. The lowest BCUT2D eigenvalue weighted by Crippen LogP contribution is -2.39. The number of hydrogen-bond donors (Lipinski definition) is 1. The first-order valence-electron chi connectivity index (χ1n) is 8.66. The van der Waals surface area contributed by atoms with Crippen molar-refractivity contribution in [3.05, 3.63) is 90.5 Å². The molecule has 7 heteroatoms. The maximum absolute atomic E-state index is 14.5. The predicted molar refractivity (Wildman–Crippen MR) is 99.7 cm³/mol. The van der Waals surface area contributed by atoms with Gasteiger partial charge in [0.2, 0.25) is 0 Å². The molecule has 0 saturated heterocycles. The van der Waals surface area contributed by atoms with E-state index in [2.05, 4.69) is 10.1 Å². The van der Waals surface area contributed by atoms with Crippen LogP contribution < -0.4 is 4.74 Å². The van der Waals surface area contributed by atoms with E-state index in [4.69, 9.17) is 4.74 Å². The molecule has 1 atom stereocenters. The van der Waals surface area contributed by atoms with Crippen molar-refractivity contribution in [1.29, 1.82) is 0 Å². The lowest BCUT2D eigenvalue weighted by Gasteiger charge is -2.29. The molecule has 0 aliphatic rings. The van der Waals surface area contributed by atoms with E-state index in [1.807, 2.05) is 36.4 Å². The molecule has 0 saturated carbocycles. The van der Waals surface area contributed by atoms with E-state index in [-0.39, 0.29) is 18.7 Å². The molecular formula is C21H17F2N3O2. The number of fused-ring (bicyclic) bond motifs is 1. The molecule has 1 aromatic heterocycles. The van der Waals surface area contributed by atoms with Crippen LogP contribution in [0.1, 0.15) is 5.56 Å². The maximum Gasteiger partial charge on any atom is 0.146 e. The van der Waals surface area contributed by atoms with Crippen molar-refractivity contribution in [1.82, 2.24) is 14.8 Å². The summed E-state index contributed by atoms with van der Waals surface area (Å²) in [6.45, 7) is -0.371. The van der Waals surface area contributed by atoms with Gasteiger partial charge in [0.25, 0.3) is 0 Å². The summed E-state index contributed by atoms with van der Waals surface area (Å²) in [6, 6.07) is 16.3. The smallest absolute Gasteiger partial charge is 0.146 e. The first-order valence-corrected chi connectivity index (χ1v) is 8.66. The molecule has 3 aromatic carbocycles. The average Bonchev–Trinajstić information content (AvgIpc) is 3.19. The predicted octanol–water partition coefficient (Wildman–Crippen LogP) is 3.68. The van der Waals surface area contributed by atoms with Crippen molar-refractivity contribution in [3.63, 3.8) is 0 Å². The van der Waals surface area contributed by atoms with Crippen LogP contribution in [0.15, 0.2) is 73.3 Å². The normalized spacial score (nSPS) is 13.4. The Bertz CT molecular complexity index is 1100. The van der Waals surface area contributed by atoms with Crippen molar-refractivity contribution < 1.29 is 18.6 Å². The molecule has 4 aromatic rings. The number of nitrogens with zero attached hydrogens (tertiary/aromatic N) is 3. The fourth-order valence-electron chi connectivity index (χ4n) is 3.18. The third-order valence-electron chi connectivity index (χ3n) is 4.54. The topological polar surface area (TPSA) is 60.2 Å². The number of aromatic nitrogens is 3.